The molecule has 2 aromatic heterocycles. The van der Waals surface area contributed by atoms with Gasteiger partial charge in [0.2, 0.25) is 5.91 Å². The van der Waals surface area contributed by atoms with Crippen LogP contribution in [0.1, 0.15) is 66.7 Å². The second kappa shape index (κ2) is 14.0. The lowest BCUT2D eigenvalue weighted by Crippen LogP contribution is -2.49. The Kier molecular flexibility index (Phi) is 10.3. The summed E-state index contributed by atoms with van der Waals surface area (Å²) in [7, 11) is 0. The predicted molar refractivity (Wildman–Crippen MR) is 164 cm³/mol. The third kappa shape index (κ3) is 7.58. The molecule has 3 heterocycles. The topological polar surface area (TPSA) is 105 Å². The number of hydrogen-bond donors (Lipinski definition) is 2. The first-order chi connectivity index (χ1) is 20.9. The molecule has 44 heavy (non-hydrogen) atoms. The largest absolute Gasteiger partial charge is 0.481 e. The van der Waals surface area contributed by atoms with Gasteiger partial charge in [-0.25, -0.2) is 13.8 Å². The first-order valence-corrected chi connectivity index (χ1v) is 14.7. The van der Waals surface area contributed by atoms with Crippen molar-refractivity contribution in [1.29, 1.82) is 0 Å². The number of amides is 1. The lowest BCUT2D eigenvalue weighted by Gasteiger charge is -2.34. The predicted octanol–water partition coefficient (Wildman–Crippen LogP) is 4.76. The fourth-order valence-corrected chi connectivity index (χ4v) is 5.67. The maximum Gasteiger partial charge on any atom is 0.305 e. The molecular formula is C34H38F2N4O4. The Labute approximate surface area is 256 Å². The number of likely N-dealkylation sites (tertiary alicyclic amines) is 1. The molecule has 3 aromatic rings. The van der Waals surface area contributed by atoms with Crippen molar-refractivity contribution in [2.24, 2.45) is 5.92 Å². The van der Waals surface area contributed by atoms with E-state index in [0.717, 1.165) is 27.3 Å². The molecule has 10 heteroatoms. The molecule has 0 bridgehead atoms. The van der Waals surface area contributed by atoms with Crippen molar-refractivity contribution >= 4 is 11.9 Å². The number of carbonyl (C=O) groups excluding carboxylic acids is 1. The second-order valence-corrected chi connectivity index (χ2v) is 11.9. The van der Waals surface area contributed by atoms with Crippen LogP contribution >= 0.6 is 0 Å². The monoisotopic (exact) mass is 604 g/mol. The van der Waals surface area contributed by atoms with Gasteiger partial charge in [-0.15, -0.1) is 6.42 Å². The fraction of sp³-hybridized carbons (Fsp3) is 0.412. The van der Waals surface area contributed by atoms with Crippen molar-refractivity contribution in [2.75, 3.05) is 19.6 Å². The molecule has 1 aliphatic heterocycles. The van der Waals surface area contributed by atoms with Crippen molar-refractivity contribution < 1.29 is 23.5 Å². The van der Waals surface area contributed by atoms with Crippen molar-refractivity contribution in [3.05, 3.63) is 86.8 Å². The summed E-state index contributed by atoms with van der Waals surface area (Å²) in [6.07, 6.45) is 7.92. The highest BCUT2D eigenvalue weighted by Gasteiger charge is 2.29. The van der Waals surface area contributed by atoms with Crippen molar-refractivity contribution in [3.8, 4) is 23.5 Å². The summed E-state index contributed by atoms with van der Waals surface area (Å²) in [5, 5.41) is 12.6. The van der Waals surface area contributed by atoms with Gasteiger partial charge in [-0.3, -0.25) is 19.3 Å². The van der Waals surface area contributed by atoms with Gasteiger partial charge < -0.3 is 15.0 Å². The number of carboxylic acid groups (broad SMARTS) is 1. The summed E-state index contributed by atoms with van der Waals surface area (Å²) >= 11 is 0. The Morgan fingerprint density at radius 3 is 2.48 bits per heavy atom. The minimum atomic E-state index is -1.16. The summed E-state index contributed by atoms with van der Waals surface area (Å²) in [5.41, 5.74) is 3.77. The number of nitrogens with zero attached hydrogens (tertiary/aromatic N) is 3. The van der Waals surface area contributed by atoms with E-state index < -0.39 is 47.9 Å². The number of pyridine rings is 2. The molecule has 2 N–H and O–H groups in total. The number of aryl methyl sites for hydroxylation is 2. The Hall–Kier alpha value is -4.36. The molecule has 232 valence electrons. The molecule has 0 radical (unpaired) electrons. The van der Waals surface area contributed by atoms with Gasteiger partial charge in [-0.2, -0.15) is 0 Å². The number of carboxylic acids is 1. The molecule has 8 nitrogen and oxygen atoms in total. The molecule has 0 aliphatic carbocycles. The molecule has 1 amide bonds. The summed E-state index contributed by atoms with van der Waals surface area (Å²) < 4.78 is 29.2. The van der Waals surface area contributed by atoms with E-state index in [2.05, 4.69) is 16.2 Å². The number of carbonyl (C=O) groups is 2. The van der Waals surface area contributed by atoms with Crippen molar-refractivity contribution in [1.82, 2.24) is 19.8 Å². The molecule has 1 aromatic carbocycles. The Morgan fingerprint density at radius 2 is 1.89 bits per heavy atom. The van der Waals surface area contributed by atoms with Gasteiger partial charge in [0.25, 0.3) is 5.56 Å². The number of rotatable bonds is 12. The standard InChI is InChI=1S/C34H38F2N4O4/c1-6-28-26(32-21(4)8-7-9-22(32)5)14-24(16-37-28)29(15-31(41)42)38-33(43)30(12-20(2)3)40-17-23(13-27(36)34(40)44)10-11-39-18-25(35)19-39/h1,7-9,13-14,16-17,20,25,29-30H,10-12,15,18-19H2,2-5H3,(H,38,43)(H,41,42)/t29-,30+/m0/s1. The van der Waals surface area contributed by atoms with E-state index in [9.17, 15) is 28.3 Å². The lowest BCUT2D eigenvalue weighted by molar-refractivity contribution is -0.138. The summed E-state index contributed by atoms with van der Waals surface area (Å²) in [4.78, 5) is 45.1. The second-order valence-electron chi connectivity index (χ2n) is 11.9. The van der Waals surface area contributed by atoms with Crippen LogP contribution in [0.4, 0.5) is 8.78 Å². The molecule has 4 rings (SSSR count). The van der Waals surface area contributed by atoms with E-state index in [1.807, 2.05) is 50.8 Å². The molecule has 1 saturated heterocycles. The number of nitrogens with one attached hydrogen (secondary N) is 1. The molecule has 2 atom stereocenters. The number of aliphatic carboxylic acids is 1. The first kappa shape index (κ1) is 32.6. The van der Waals surface area contributed by atoms with Gasteiger partial charge in [0.1, 0.15) is 17.9 Å². The van der Waals surface area contributed by atoms with E-state index in [1.165, 1.54) is 12.4 Å². The summed E-state index contributed by atoms with van der Waals surface area (Å²) in [6, 6.07) is 6.57. The lowest BCUT2D eigenvalue weighted by atomic mass is 9.92. The van der Waals surface area contributed by atoms with Crippen LogP contribution < -0.4 is 10.9 Å². The molecular weight excluding hydrogens is 566 g/mol. The van der Waals surface area contributed by atoms with Crippen LogP contribution in [0.2, 0.25) is 0 Å². The Bertz CT molecular complexity index is 1620. The Morgan fingerprint density at radius 1 is 1.20 bits per heavy atom. The third-order valence-electron chi connectivity index (χ3n) is 7.91. The number of halogens is 2. The van der Waals surface area contributed by atoms with Crippen LogP contribution in [-0.2, 0) is 16.0 Å². The zero-order valence-corrected chi connectivity index (χ0v) is 25.4. The number of hydrogen-bond acceptors (Lipinski definition) is 5. The zero-order valence-electron chi connectivity index (χ0n) is 25.4. The van der Waals surface area contributed by atoms with Crippen molar-refractivity contribution in [3.63, 3.8) is 0 Å². The molecule has 0 saturated carbocycles. The van der Waals surface area contributed by atoms with Crippen LogP contribution in [0.5, 0.6) is 0 Å². The summed E-state index contributed by atoms with van der Waals surface area (Å²) in [5.74, 6) is -0.241. The van der Waals surface area contributed by atoms with Gasteiger partial charge >= 0.3 is 5.97 Å². The highest BCUT2D eigenvalue weighted by atomic mass is 19.1. The smallest absolute Gasteiger partial charge is 0.305 e. The molecule has 0 spiro atoms. The van der Waals surface area contributed by atoms with E-state index in [0.29, 0.717) is 48.4 Å². The highest BCUT2D eigenvalue weighted by Crippen LogP contribution is 2.32. The van der Waals surface area contributed by atoms with Crippen molar-refractivity contribution in [2.45, 2.75) is 65.2 Å². The van der Waals surface area contributed by atoms with Gasteiger partial charge in [-0.05, 0) is 78.5 Å². The normalized spacial score (nSPS) is 15.0. The average Bonchev–Trinajstić information content (AvgIpc) is 2.94. The molecule has 1 fully saturated rings. The highest BCUT2D eigenvalue weighted by molar-refractivity contribution is 5.82. The Balaban J connectivity index is 1.69. The number of alkyl halides is 1. The van der Waals surface area contributed by atoms with Gasteiger partial charge in [0.15, 0.2) is 5.82 Å². The summed E-state index contributed by atoms with van der Waals surface area (Å²) in [6.45, 7) is 8.74. The van der Waals surface area contributed by atoms with Crippen LogP contribution in [-0.4, -0.2) is 57.2 Å². The van der Waals surface area contributed by atoms with Gasteiger partial charge in [0, 0.05) is 37.6 Å². The molecule has 0 unspecified atom stereocenters. The SMILES string of the molecule is C#Cc1ncc([C@H](CC(=O)O)NC(=O)[C@@H](CC(C)C)n2cc(CCN3CC(F)C3)cc(F)c2=O)cc1-c1c(C)cccc1C. The first-order valence-electron chi connectivity index (χ1n) is 14.7. The zero-order chi connectivity index (χ0) is 32.1. The van der Waals surface area contributed by atoms with Gasteiger partial charge in [0.05, 0.1) is 12.5 Å². The fourth-order valence-electron chi connectivity index (χ4n) is 5.67. The quantitative estimate of drug-likeness (QED) is 0.289. The van der Waals surface area contributed by atoms with E-state index in [4.69, 9.17) is 6.42 Å². The van der Waals surface area contributed by atoms with E-state index >= 15 is 0 Å². The molecule has 1 aliphatic rings. The number of benzene rings is 1. The van der Waals surface area contributed by atoms with Crippen LogP contribution in [0.15, 0.2) is 47.5 Å². The average molecular weight is 605 g/mol. The van der Waals surface area contributed by atoms with Crippen LogP contribution in [0.3, 0.4) is 0 Å². The minimum absolute atomic E-state index is 0.0583. The van der Waals surface area contributed by atoms with Gasteiger partial charge in [-0.1, -0.05) is 32.0 Å². The number of aromatic nitrogens is 2. The van der Waals surface area contributed by atoms with E-state index in [-0.39, 0.29) is 12.3 Å². The number of terminal acetylenes is 1. The maximum absolute atomic E-state index is 14.9. The maximum atomic E-state index is 14.9. The minimum Gasteiger partial charge on any atom is -0.481 e. The van der Waals surface area contributed by atoms with Crippen LogP contribution in [0, 0.1) is 37.9 Å². The third-order valence-corrected chi connectivity index (χ3v) is 7.91. The van der Waals surface area contributed by atoms with Crippen LogP contribution in [0.25, 0.3) is 11.1 Å². The van der Waals surface area contributed by atoms with E-state index in [1.54, 1.807) is 6.07 Å².